The molecule has 2 aromatic carbocycles. The highest BCUT2D eigenvalue weighted by atomic mass is 16.1. The summed E-state index contributed by atoms with van der Waals surface area (Å²) in [5.74, 6) is -0.154. The maximum Gasteiger partial charge on any atom is 0.269 e. The molecule has 0 aliphatic heterocycles. The van der Waals surface area contributed by atoms with Crippen LogP contribution in [0.4, 0.5) is 0 Å². The molecule has 3 rings (SSSR count). The van der Waals surface area contributed by atoms with Crippen LogP contribution >= 0.6 is 0 Å². The quantitative estimate of drug-likeness (QED) is 0.773. The molecule has 3 aromatic rings. The van der Waals surface area contributed by atoms with Crippen LogP contribution in [0.25, 0.3) is 11.3 Å². The van der Waals surface area contributed by atoms with Crippen molar-refractivity contribution in [1.82, 2.24) is 15.5 Å². The van der Waals surface area contributed by atoms with Crippen LogP contribution < -0.4 is 5.32 Å². The number of hydrogen-bond acceptors (Lipinski definition) is 2. The molecule has 116 valence electrons. The van der Waals surface area contributed by atoms with Gasteiger partial charge in [-0.25, -0.2) is 0 Å². The zero-order valence-corrected chi connectivity index (χ0v) is 13.3. The molecule has 1 amide bonds. The van der Waals surface area contributed by atoms with Gasteiger partial charge >= 0.3 is 0 Å². The van der Waals surface area contributed by atoms with Gasteiger partial charge in [-0.2, -0.15) is 5.10 Å². The molecule has 0 spiro atoms. The van der Waals surface area contributed by atoms with Gasteiger partial charge in [0.1, 0.15) is 5.69 Å². The highest BCUT2D eigenvalue weighted by Crippen LogP contribution is 2.18. The Balaban J connectivity index is 1.69. The summed E-state index contributed by atoms with van der Waals surface area (Å²) in [5, 5.41) is 9.95. The molecule has 4 heteroatoms. The number of hydrogen-bond donors (Lipinski definition) is 2. The summed E-state index contributed by atoms with van der Waals surface area (Å²) in [5.41, 5.74) is 5.70. The van der Waals surface area contributed by atoms with Gasteiger partial charge in [-0.3, -0.25) is 9.89 Å². The van der Waals surface area contributed by atoms with Gasteiger partial charge in [0, 0.05) is 12.1 Å². The number of nitrogens with one attached hydrogen (secondary N) is 2. The second-order valence-corrected chi connectivity index (χ2v) is 5.64. The number of amides is 1. The Hall–Kier alpha value is -2.88. The lowest BCUT2D eigenvalue weighted by atomic mass is 10.1. The number of aromatic nitrogens is 2. The van der Waals surface area contributed by atoms with Crippen molar-refractivity contribution in [3.63, 3.8) is 0 Å². The first-order chi connectivity index (χ1) is 11.1. The Labute approximate surface area is 135 Å². The van der Waals surface area contributed by atoms with E-state index in [0.717, 1.165) is 22.4 Å². The van der Waals surface area contributed by atoms with Crippen molar-refractivity contribution in [1.29, 1.82) is 0 Å². The average Bonchev–Trinajstić information content (AvgIpc) is 3.04. The van der Waals surface area contributed by atoms with E-state index in [0.29, 0.717) is 12.2 Å². The van der Waals surface area contributed by atoms with Crippen molar-refractivity contribution >= 4 is 5.91 Å². The van der Waals surface area contributed by atoms with Gasteiger partial charge in [0.25, 0.3) is 5.91 Å². The van der Waals surface area contributed by atoms with Crippen molar-refractivity contribution in [2.45, 2.75) is 20.4 Å². The van der Waals surface area contributed by atoms with Crippen LogP contribution in [-0.2, 0) is 6.54 Å². The van der Waals surface area contributed by atoms with Crippen LogP contribution in [0.15, 0.2) is 54.6 Å². The van der Waals surface area contributed by atoms with E-state index < -0.39 is 0 Å². The van der Waals surface area contributed by atoms with Gasteiger partial charge in [-0.15, -0.1) is 0 Å². The Kier molecular flexibility index (Phi) is 4.24. The molecule has 0 atom stereocenters. The van der Waals surface area contributed by atoms with E-state index in [1.807, 2.05) is 62.4 Å². The van der Waals surface area contributed by atoms with E-state index in [2.05, 4.69) is 15.5 Å². The highest BCUT2D eigenvalue weighted by Gasteiger charge is 2.11. The lowest BCUT2D eigenvalue weighted by molar-refractivity contribution is 0.0946. The van der Waals surface area contributed by atoms with E-state index in [4.69, 9.17) is 0 Å². The molecular formula is C19H19N3O. The zero-order chi connectivity index (χ0) is 16.2. The number of rotatable bonds is 4. The molecule has 0 saturated heterocycles. The minimum atomic E-state index is -0.154. The van der Waals surface area contributed by atoms with Crippen LogP contribution in [0.1, 0.15) is 27.2 Å². The fraction of sp³-hybridized carbons (Fsp3) is 0.158. The lowest BCUT2D eigenvalue weighted by Gasteiger charge is -2.06. The zero-order valence-electron chi connectivity index (χ0n) is 13.3. The molecule has 1 heterocycles. The largest absolute Gasteiger partial charge is 0.347 e. The molecule has 0 unspecified atom stereocenters. The maximum atomic E-state index is 12.2. The Morgan fingerprint density at radius 1 is 1.09 bits per heavy atom. The van der Waals surface area contributed by atoms with Crippen molar-refractivity contribution in [2.75, 3.05) is 0 Å². The summed E-state index contributed by atoms with van der Waals surface area (Å²) in [6.45, 7) is 4.58. The van der Waals surface area contributed by atoms with Gasteiger partial charge in [0.15, 0.2) is 0 Å². The molecule has 0 aliphatic carbocycles. The lowest BCUT2D eigenvalue weighted by Crippen LogP contribution is -2.23. The fourth-order valence-corrected chi connectivity index (χ4v) is 2.39. The van der Waals surface area contributed by atoms with Gasteiger partial charge in [0.2, 0.25) is 0 Å². The molecular weight excluding hydrogens is 286 g/mol. The number of carbonyl (C=O) groups excluding carboxylic acids is 1. The molecule has 0 bridgehead atoms. The summed E-state index contributed by atoms with van der Waals surface area (Å²) < 4.78 is 0. The highest BCUT2D eigenvalue weighted by molar-refractivity contribution is 5.93. The Morgan fingerprint density at radius 2 is 1.83 bits per heavy atom. The standard InChI is InChI=1S/C19H19N3O/c1-13-7-9-15(10-8-13)17-11-18(22-21-17)19(23)20-12-16-6-4-3-5-14(16)2/h3-11H,12H2,1-2H3,(H,20,23)(H,21,22). The first-order valence-electron chi connectivity index (χ1n) is 7.58. The summed E-state index contributed by atoms with van der Waals surface area (Å²) in [7, 11) is 0. The second-order valence-electron chi connectivity index (χ2n) is 5.64. The summed E-state index contributed by atoms with van der Waals surface area (Å²) in [6.07, 6.45) is 0. The summed E-state index contributed by atoms with van der Waals surface area (Å²) in [4.78, 5) is 12.2. The topological polar surface area (TPSA) is 57.8 Å². The first-order valence-corrected chi connectivity index (χ1v) is 7.58. The van der Waals surface area contributed by atoms with E-state index in [9.17, 15) is 4.79 Å². The summed E-state index contributed by atoms with van der Waals surface area (Å²) in [6, 6.07) is 17.8. The first kappa shape index (κ1) is 15.0. The Bertz CT molecular complexity index is 819. The number of carbonyl (C=O) groups is 1. The predicted octanol–water partition coefficient (Wildman–Crippen LogP) is 3.62. The molecule has 23 heavy (non-hydrogen) atoms. The van der Waals surface area contributed by atoms with E-state index in [-0.39, 0.29) is 5.91 Å². The van der Waals surface area contributed by atoms with E-state index in [1.165, 1.54) is 5.56 Å². The van der Waals surface area contributed by atoms with Gasteiger partial charge in [-0.1, -0.05) is 54.1 Å². The summed E-state index contributed by atoms with van der Waals surface area (Å²) >= 11 is 0. The van der Waals surface area contributed by atoms with Crippen LogP contribution in [0.3, 0.4) is 0 Å². The predicted molar refractivity (Wildman–Crippen MR) is 91.1 cm³/mol. The smallest absolute Gasteiger partial charge is 0.269 e. The average molecular weight is 305 g/mol. The molecule has 1 aromatic heterocycles. The third kappa shape index (κ3) is 3.48. The van der Waals surface area contributed by atoms with Crippen LogP contribution in [-0.4, -0.2) is 16.1 Å². The SMILES string of the molecule is Cc1ccc(-c2cc(C(=O)NCc3ccccc3C)[nH]n2)cc1. The molecule has 0 fully saturated rings. The number of benzene rings is 2. The number of aromatic amines is 1. The van der Waals surface area contributed by atoms with Crippen LogP contribution in [0, 0.1) is 13.8 Å². The molecule has 0 saturated carbocycles. The van der Waals surface area contributed by atoms with Gasteiger partial charge in [0.05, 0.1) is 5.69 Å². The van der Waals surface area contributed by atoms with Crippen molar-refractivity contribution in [3.8, 4) is 11.3 Å². The molecule has 2 N–H and O–H groups in total. The number of H-pyrrole nitrogens is 1. The van der Waals surface area contributed by atoms with Gasteiger partial charge in [-0.05, 0) is 31.0 Å². The van der Waals surface area contributed by atoms with E-state index in [1.54, 1.807) is 6.07 Å². The number of nitrogens with zero attached hydrogens (tertiary/aromatic N) is 1. The van der Waals surface area contributed by atoms with Crippen LogP contribution in [0.5, 0.6) is 0 Å². The Morgan fingerprint density at radius 3 is 2.57 bits per heavy atom. The third-order valence-electron chi connectivity index (χ3n) is 3.87. The fourth-order valence-electron chi connectivity index (χ4n) is 2.39. The monoisotopic (exact) mass is 305 g/mol. The maximum absolute atomic E-state index is 12.2. The molecule has 0 aliphatic rings. The van der Waals surface area contributed by atoms with Gasteiger partial charge < -0.3 is 5.32 Å². The minimum absolute atomic E-state index is 0.154. The van der Waals surface area contributed by atoms with Crippen molar-refractivity contribution < 1.29 is 4.79 Å². The number of aryl methyl sites for hydroxylation is 2. The van der Waals surface area contributed by atoms with E-state index >= 15 is 0 Å². The van der Waals surface area contributed by atoms with Crippen LogP contribution in [0.2, 0.25) is 0 Å². The second kappa shape index (κ2) is 6.48. The molecule has 4 nitrogen and oxygen atoms in total. The minimum Gasteiger partial charge on any atom is -0.347 e. The third-order valence-corrected chi connectivity index (χ3v) is 3.87. The normalized spacial score (nSPS) is 10.5. The molecule has 0 radical (unpaired) electrons. The van der Waals surface area contributed by atoms with Crippen molar-refractivity contribution in [2.24, 2.45) is 0 Å². The van der Waals surface area contributed by atoms with Crippen molar-refractivity contribution in [3.05, 3.63) is 77.0 Å².